The minimum atomic E-state index is -2.87. The molecule has 0 aliphatic rings. The molecule has 5 nitrogen and oxygen atoms in total. The molecule has 1 rings (SSSR count). The van der Waals surface area contributed by atoms with Gasteiger partial charge in [0.15, 0.2) is 0 Å². The second-order valence-corrected chi connectivity index (χ2v) is 3.29. The van der Waals surface area contributed by atoms with Crippen molar-refractivity contribution in [1.29, 1.82) is 0 Å². The molecule has 0 atom stereocenters. The summed E-state index contributed by atoms with van der Waals surface area (Å²) in [6.45, 7) is -0.148. The molecule has 0 unspecified atom stereocenters. The van der Waals surface area contributed by atoms with Crippen molar-refractivity contribution in [1.82, 2.24) is 4.98 Å². The van der Waals surface area contributed by atoms with Gasteiger partial charge < -0.3 is 15.5 Å². The van der Waals surface area contributed by atoms with Crippen LogP contribution in [0.15, 0.2) is 11.0 Å². The van der Waals surface area contributed by atoms with E-state index in [4.69, 9.17) is 5.73 Å². The summed E-state index contributed by atoms with van der Waals surface area (Å²) in [6.07, 6.45) is -2.24. The van der Waals surface area contributed by atoms with Crippen LogP contribution in [0.5, 0.6) is 0 Å². The molecule has 0 aliphatic heterocycles. The standard InChI is InChI=1S/C10H12F2N2O3/c1-17-7(15)2-6-8(9(11)12)5(3-13)4-14-10(6)16/h4,9H,2-3,13H2,1H3,(H,14,16). The zero-order valence-electron chi connectivity index (χ0n) is 9.13. The monoisotopic (exact) mass is 246 g/mol. The Labute approximate surface area is 95.6 Å². The van der Waals surface area contributed by atoms with Gasteiger partial charge in [-0.2, -0.15) is 0 Å². The second-order valence-electron chi connectivity index (χ2n) is 3.29. The molecule has 0 saturated heterocycles. The number of alkyl halides is 2. The first-order valence-electron chi connectivity index (χ1n) is 4.79. The van der Waals surface area contributed by atoms with Crippen LogP contribution in [0.2, 0.25) is 0 Å². The van der Waals surface area contributed by atoms with Gasteiger partial charge in [0.2, 0.25) is 0 Å². The third-order valence-corrected chi connectivity index (χ3v) is 2.31. The van der Waals surface area contributed by atoms with Crippen molar-refractivity contribution in [3.05, 3.63) is 33.2 Å². The molecule has 1 aromatic rings. The van der Waals surface area contributed by atoms with Crippen molar-refractivity contribution in [2.75, 3.05) is 7.11 Å². The number of hydrogen-bond donors (Lipinski definition) is 2. The summed E-state index contributed by atoms with van der Waals surface area (Å²) in [5.41, 5.74) is 3.89. The fourth-order valence-corrected chi connectivity index (χ4v) is 1.47. The zero-order valence-corrected chi connectivity index (χ0v) is 9.13. The van der Waals surface area contributed by atoms with Gasteiger partial charge in [-0.3, -0.25) is 9.59 Å². The Kier molecular flexibility index (Phi) is 4.33. The first-order valence-corrected chi connectivity index (χ1v) is 4.79. The Morgan fingerprint density at radius 1 is 1.59 bits per heavy atom. The van der Waals surface area contributed by atoms with E-state index >= 15 is 0 Å². The average Bonchev–Trinajstić information content (AvgIpc) is 2.30. The van der Waals surface area contributed by atoms with Gasteiger partial charge >= 0.3 is 5.97 Å². The molecule has 0 aliphatic carbocycles. The molecule has 3 N–H and O–H groups in total. The van der Waals surface area contributed by atoms with Crippen molar-refractivity contribution in [3.8, 4) is 0 Å². The highest BCUT2D eigenvalue weighted by atomic mass is 19.3. The zero-order chi connectivity index (χ0) is 13.0. The van der Waals surface area contributed by atoms with E-state index < -0.39 is 29.9 Å². The SMILES string of the molecule is COC(=O)Cc1c(C(F)F)c(CN)c[nH]c1=O. The molecule has 0 bridgehead atoms. The number of hydrogen-bond acceptors (Lipinski definition) is 4. The summed E-state index contributed by atoms with van der Waals surface area (Å²) in [6, 6.07) is 0. The maximum absolute atomic E-state index is 12.8. The molecule has 0 fully saturated rings. The molecular weight excluding hydrogens is 234 g/mol. The van der Waals surface area contributed by atoms with Crippen LogP contribution in [0.25, 0.3) is 0 Å². The summed E-state index contributed by atoms with van der Waals surface area (Å²) in [4.78, 5) is 24.8. The van der Waals surface area contributed by atoms with Gasteiger partial charge in [-0.15, -0.1) is 0 Å². The summed E-state index contributed by atoms with van der Waals surface area (Å²) < 4.78 is 30.0. The van der Waals surface area contributed by atoms with E-state index in [1.54, 1.807) is 0 Å². The molecule has 0 saturated carbocycles. The van der Waals surface area contributed by atoms with Crippen LogP contribution >= 0.6 is 0 Å². The number of aromatic amines is 1. The lowest BCUT2D eigenvalue weighted by molar-refractivity contribution is -0.139. The van der Waals surface area contributed by atoms with Crippen molar-refractivity contribution < 1.29 is 18.3 Å². The number of pyridine rings is 1. The van der Waals surface area contributed by atoms with Crippen LogP contribution < -0.4 is 11.3 Å². The van der Waals surface area contributed by atoms with Gasteiger partial charge in [0.25, 0.3) is 12.0 Å². The number of halogens is 2. The summed E-state index contributed by atoms with van der Waals surface area (Å²) in [5, 5.41) is 0. The van der Waals surface area contributed by atoms with Crippen LogP contribution in [-0.4, -0.2) is 18.1 Å². The molecule has 0 radical (unpaired) electrons. The van der Waals surface area contributed by atoms with Crippen LogP contribution in [0, 0.1) is 0 Å². The molecule has 1 aromatic heterocycles. The lowest BCUT2D eigenvalue weighted by Gasteiger charge is -2.11. The highest BCUT2D eigenvalue weighted by Crippen LogP contribution is 2.24. The lowest BCUT2D eigenvalue weighted by atomic mass is 10.0. The van der Waals surface area contributed by atoms with Gasteiger partial charge in [0.1, 0.15) is 0 Å². The van der Waals surface area contributed by atoms with E-state index in [-0.39, 0.29) is 17.7 Å². The normalized spacial score (nSPS) is 10.6. The van der Waals surface area contributed by atoms with Crippen molar-refractivity contribution >= 4 is 5.97 Å². The average molecular weight is 246 g/mol. The van der Waals surface area contributed by atoms with E-state index in [0.29, 0.717) is 0 Å². The first kappa shape index (κ1) is 13.3. The maximum atomic E-state index is 12.8. The van der Waals surface area contributed by atoms with Gasteiger partial charge in [-0.05, 0) is 5.56 Å². The first-order chi connectivity index (χ1) is 8.01. The summed E-state index contributed by atoms with van der Waals surface area (Å²) >= 11 is 0. The van der Waals surface area contributed by atoms with Crippen molar-refractivity contribution in [2.24, 2.45) is 5.73 Å². The van der Waals surface area contributed by atoms with Gasteiger partial charge in [0, 0.05) is 23.9 Å². The van der Waals surface area contributed by atoms with Crippen molar-refractivity contribution in [2.45, 2.75) is 19.4 Å². The minimum Gasteiger partial charge on any atom is -0.469 e. The molecule has 7 heteroatoms. The Balaban J connectivity index is 3.34. The lowest BCUT2D eigenvalue weighted by Crippen LogP contribution is -2.22. The number of ether oxygens (including phenoxy) is 1. The molecule has 1 heterocycles. The fraction of sp³-hybridized carbons (Fsp3) is 0.400. The molecular formula is C10H12F2N2O3. The largest absolute Gasteiger partial charge is 0.469 e. The molecule has 0 amide bonds. The Morgan fingerprint density at radius 2 is 2.24 bits per heavy atom. The van der Waals surface area contributed by atoms with Crippen LogP contribution in [-0.2, 0) is 22.5 Å². The van der Waals surface area contributed by atoms with Gasteiger partial charge in [0.05, 0.1) is 13.5 Å². The molecule has 17 heavy (non-hydrogen) atoms. The highest BCUT2D eigenvalue weighted by molar-refractivity contribution is 5.73. The van der Waals surface area contributed by atoms with Crippen LogP contribution in [0.1, 0.15) is 23.1 Å². The number of methoxy groups -OCH3 is 1. The van der Waals surface area contributed by atoms with Crippen molar-refractivity contribution in [3.63, 3.8) is 0 Å². The summed E-state index contributed by atoms with van der Waals surface area (Å²) in [7, 11) is 1.12. The number of H-pyrrole nitrogens is 1. The van der Waals surface area contributed by atoms with Gasteiger partial charge in [-0.1, -0.05) is 0 Å². The number of aromatic nitrogens is 1. The third kappa shape index (κ3) is 2.88. The van der Waals surface area contributed by atoms with E-state index in [0.717, 1.165) is 13.3 Å². The quantitative estimate of drug-likeness (QED) is 0.757. The van der Waals surface area contributed by atoms with E-state index in [1.165, 1.54) is 0 Å². The predicted octanol–water partition coefficient (Wildman–Crippen LogP) is 0.487. The highest BCUT2D eigenvalue weighted by Gasteiger charge is 2.22. The molecule has 94 valence electrons. The van der Waals surface area contributed by atoms with Crippen LogP contribution in [0.3, 0.4) is 0 Å². The number of nitrogens with one attached hydrogen (secondary N) is 1. The Morgan fingerprint density at radius 3 is 2.71 bits per heavy atom. The maximum Gasteiger partial charge on any atom is 0.310 e. The molecule has 0 aromatic carbocycles. The van der Waals surface area contributed by atoms with E-state index in [1.807, 2.05) is 0 Å². The van der Waals surface area contributed by atoms with Crippen LogP contribution in [0.4, 0.5) is 8.78 Å². The number of carbonyl (C=O) groups is 1. The smallest absolute Gasteiger partial charge is 0.310 e. The Hall–Kier alpha value is -1.76. The Bertz CT molecular complexity index is 471. The second kappa shape index (κ2) is 5.53. The number of carbonyl (C=O) groups excluding carboxylic acids is 1. The minimum absolute atomic E-state index is 0.110. The van der Waals surface area contributed by atoms with E-state index in [2.05, 4.69) is 9.72 Å². The predicted molar refractivity (Wildman–Crippen MR) is 55.6 cm³/mol. The topological polar surface area (TPSA) is 85.2 Å². The number of nitrogens with two attached hydrogens (primary N) is 1. The number of esters is 1. The van der Waals surface area contributed by atoms with Gasteiger partial charge in [-0.25, -0.2) is 8.78 Å². The van der Waals surface area contributed by atoms with E-state index in [9.17, 15) is 18.4 Å². The molecule has 0 spiro atoms. The number of rotatable bonds is 4. The fourth-order valence-electron chi connectivity index (χ4n) is 1.47. The third-order valence-electron chi connectivity index (χ3n) is 2.31. The summed E-state index contributed by atoms with van der Waals surface area (Å²) in [5.74, 6) is -0.758.